The number of amides is 1. The molecule has 7 heteroatoms. The molecule has 0 N–H and O–H groups in total. The highest BCUT2D eigenvalue weighted by Crippen LogP contribution is 2.34. The maximum atomic E-state index is 13.7. The molecule has 1 aromatic carbocycles. The van der Waals surface area contributed by atoms with Gasteiger partial charge >= 0.3 is 0 Å². The van der Waals surface area contributed by atoms with Gasteiger partial charge in [-0.1, -0.05) is 0 Å². The minimum Gasteiger partial charge on any atom is -0.493 e. The van der Waals surface area contributed by atoms with Gasteiger partial charge in [0.05, 0.1) is 19.3 Å². The van der Waals surface area contributed by atoms with Crippen LogP contribution >= 0.6 is 0 Å². The molecule has 2 saturated heterocycles. The van der Waals surface area contributed by atoms with Crippen molar-refractivity contribution in [3.8, 4) is 11.5 Å². The van der Waals surface area contributed by atoms with Gasteiger partial charge in [0.2, 0.25) is 0 Å². The average Bonchev–Trinajstić information content (AvgIpc) is 2.99. The molecule has 0 aliphatic carbocycles. The van der Waals surface area contributed by atoms with Crippen LogP contribution in [-0.2, 0) is 9.47 Å². The van der Waals surface area contributed by atoms with Gasteiger partial charge in [-0.25, -0.2) is 4.39 Å². The molecule has 2 aliphatic heterocycles. The second-order valence-electron chi connectivity index (χ2n) is 7.60. The van der Waals surface area contributed by atoms with Crippen LogP contribution in [0.4, 0.5) is 4.39 Å². The third kappa shape index (κ3) is 3.94. The highest BCUT2D eigenvalue weighted by Gasteiger charge is 2.46. The Morgan fingerprint density at radius 2 is 2.19 bits per heavy atom. The van der Waals surface area contributed by atoms with Crippen molar-refractivity contribution in [3.05, 3.63) is 23.8 Å². The van der Waals surface area contributed by atoms with E-state index in [1.54, 1.807) is 23.1 Å². The lowest BCUT2D eigenvalue weighted by Gasteiger charge is -2.39. The molecule has 0 saturated carbocycles. The molecular weight excluding hydrogens is 341 g/mol. The first-order valence-electron chi connectivity index (χ1n) is 8.76. The number of halogens is 1. The fourth-order valence-electron chi connectivity index (χ4n) is 3.18. The Hall–Kier alpha value is -1.86. The fraction of sp³-hybridized carbons (Fsp3) is 0.632. The zero-order valence-electron chi connectivity index (χ0n) is 15.7. The van der Waals surface area contributed by atoms with Crippen LogP contribution in [0.1, 0.15) is 37.6 Å². The lowest BCUT2D eigenvalue weighted by Crippen LogP contribution is -2.53. The third-order valence-corrected chi connectivity index (χ3v) is 4.87. The Balaban J connectivity index is 1.71. The van der Waals surface area contributed by atoms with Crippen LogP contribution in [0.5, 0.6) is 11.5 Å². The van der Waals surface area contributed by atoms with Crippen molar-refractivity contribution in [1.82, 2.24) is 4.90 Å². The summed E-state index contributed by atoms with van der Waals surface area (Å²) in [6, 6.07) is 4.94. The fourth-order valence-corrected chi connectivity index (χ4v) is 3.18. The molecule has 1 aromatic rings. The summed E-state index contributed by atoms with van der Waals surface area (Å²) >= 11 is 0. The molecule has 1 unspecified atom stereocenters. The zero-order valence-corrected chi connectivity index (χ0v) is 15.7. The quantitative estimate of drug-likeness (QED) is 0.801. The van der Waals surface area contributed by atoms with Gasteiger partial charge in [-0.05, 0) is 45.4 Å². The minimum atomic E-state index is -1.46. The van der Waals surface area contributed by atoms with E-state index < -0.39 is 5.67 Å². The summed E-state index contributed by atoms with van der Waals surface area (Å²) in [5, 5.41) is 0. The molecule has 6 nitrogen and oxygen atoms in total. The number of carbonyl (C=O) groups is 1. The molecule has 2 atom stereocenters. The molecule has 3 rings (SSSR count). The number of benzene rings is 1. The second kappa shape index (κ2) is 7.04. The van der Waals surface area contributed by atoms with Crippen LogP contribution in [0, 0.1) is 0 Å². The largest absolute Gasteiger partial charge is 0.493 e. The summed E-state index contributed by atoms with van der Waals surface area (Å²) in [4.78, 5) is 14.6. The van der Waals surface area contributed by atoms with Crippen LogP contribution in [0.25, 0.3) is 0 Å². The van der Waals surface area contributed by atoms with Gasteiger partial charge in [0.25, 0.3) is 5.91 Å². The summed E-state index contributed by atoms with van der Waals surface area (Å²) in [6.45, 7) is 6.17. The molecule has 2 heterocycles. The summed E-state index contributed by atoms with van der Waals surface area (Å²) < 4.78 is 35.7. The van der Waals surface area contributed by atoms with Crippen LogP contribution < -0.4 is 9.47 Å². The van der Waals surface area contributed by atoms with E-state index in [2.05, 4.69) is 0 Å². The standard InChI is InChI=1S/C19H26FNO5/c1-18(2,20)11-24-14-6-5-13(9-15(14)23-4)17(22)21-8-7-19(3)16(10-21)25-12-26-19/h5-6,9,16H,7-8,10-12H2,1-4H3/t16?,19-/m1/s1. The molecule has 26 heavy (non-hydrogen) atoms. The first kappa shape index (κ1) is 18.9. The van der Waals surface area contributed by atoms with Crippen LogP contribution in [-0.4, -0.2) is 61.8 Å². The number of methoxy groups -OCH3 is 1. The van der Waals surface area contributed by atoms with E-state index in [9.17, 15) is 9.18 Å². The first-order chi connectivity index (χ1) is 12.2. The number of likely N-dealkylation sites (tertiary alicyclic amines) is 1. The lowest BCUT2D eigenvalue weighted by molar-refractivity contribution is -0.0246. The molecular formula is C19H26FNO5. The molecule has 2 fully saturated rings. The Bertz CT molecular complexity index is 674. The third-order valence-electron chi connectivity index (χ3n) is 4.87. The van der Waals surface area contributed by atoms with Crippen molar-refractivity contribution in [2.24, 2.45) is 0 Å². The van der Waals surface area contributed by atoms with Crippen molar-refractivity contribution in [2.75, 3.05) is 33.6 Å². The van der Waals surface area contributed by atoms with Gasteiger partial charge in [0, 0.05) is 12.1 Å². The summed E-state index contributed by atoms with van der Waals surface area (Å²) in [6.07, 6.45) is 0.615. The maximum Gasteiger partial charge on any atom is 0.254 e. The van der Waals surface area contributed by atoms with E-state index >= 15 is 0 Å². The van der Waals surface area contributed by atoms with Crippen LogP contribution in [0.3, 0.4) is 0 Å². The molecule has 0 bridgehead atoms. The number of carbonyl (C=O) groups excluding carboxylic acids is 1. The summed E-state index contributed by atoms with van der Waals surface area (Å²) in [5.41, 5.74) is -1.27. The van der Waals surface area contributed by atoms with E-state index in [0.29, 0.717) is 30.2 Å². The van der Waals surface area contributed by atoms with Crippen molar-refractivity contribution in [3.63, 3.8) is 0 Å². The molecule has 0 spiro atoms. The highest BCUT2D eigenvalue weighted by molar-refractivity contribution is 5.95. The number of piperidine rings is 1. The van der Waals surface area contributed by atoms with Crippen molar-refractivity contribution < 1.29 is 28.1 Å². The monoisotopic (exact) mass is 367 g/mol. The Kier molecular flexibility index (Phi) is 5.12. The lowest BCUT2D eigenvalue weighted by atomic mass is 9.90. The van der Waals surface area contributed by atoms with Crippen LogP contribution in [0.15, 0.2) is 18.2 Å². The van der Waals surface area contributed by atoms with E-state index in [4.69, 9.17) is 18.9 Å². The zero-order chi connectivity index (χ0) is 18.9. The number of hydrogen-bond donors (Lipinski definition) is 0. The van der Waals surface area contributed by atoms with E-state index in [-0.39, 0.29) is 31.0 Å². The summed E-state index contributed by atoms with van der Waals surface area (Å²) in [5.74, 6) is 0.717. The van der Waals surface area contributed by atoms with Gasteiger partial charge in [0.1, 0.15) is 25.2 Å². The smallest absolute Gasteiger partial charge is 0.254 e. The number of ether oxygens (including phenoxy) is 4. The van der Waals surface area contributed by atoms with E-state index in [1.165, 1.54) is 21.0 Å². The number of rotatable bonds is 5. The topological polar surface area (TPSA) is 57.2 Å². The Morgan fingerprint density at radius 3 is 2.88 bits per heavy atom. The van der Waals surface area contributed by atoms with Gasteiger partial charge in [0.15, 0.2) is 11.5 Å². The Labute approximate surface area is 153 Å². The average molecular weight is 367 g/mol. The predicted molar refractivity (Wildman–Crippen MR) is 93.4 cm³/mol. The predicted octanol–water partition coefficient (Wildman–Crippen LogP) is 2.80. The van der Waals surface area contributed by atoms with Crippen molar-refractivity contribution in [1.29, 1.82) is 0 Å². The van der Waals surface area contributed by atoms with Crippen molar-refractivity contribution in [2.45, 2.75) is 44.6 Å². The molecule has 2 aliphatic rings. The molecule has 1 amide bonds. The van der Waals surface area contributed by atoms with E-state index in [0.717, 1.165) is 6.42 Å². The normalized spacial score (nSPS) is 25.7. The van der Waals surface area contributed by atoms with Gasteiger partial charge in [-0.15, -0.1) is 0 Å². The maximum absolute atomic E-state index is 13.7. The van der Waals surface area contributed by atoms with Gasteiger partial charge in [-0.3, -0.25) is 4.79 Å². The summed E-state index contributed by atoms with van der Waals surface area (Å²) in [7, 11) is 1.49. The first-order valence-corrected chi connectivity index (χ1v) is 8.76. The number of nitrogens with zero attached hydrogens (tertiary/aromatic N) is 1. The molecule has 144 valence electrons. The van der Waals surface area contributed by atoms with Crippen LogP contribution in [0.2, 0.25) is 0 Å². The van der Waals surface area contributed by atoms with E-state index in [1.807, 2.05) is 6.92 Å². The minimum absolute atomic E-state index is 0.0968. The van der Waals surface area contributed by atoms with Crippen molar-refractivity contribution >= 4 is 5.91 Å². The molecule has 0 radical (unpaired) electrons. The van der Waals surface area contributed by atoms with Gasteiger partial charge in [-0.2, -0.15) is 0 Å². The second-order valence-corrected chi connectivity index (χ2v) is 7.60. The number of hydrogen-bond acceptors (Lipinski definition) is 5. The number of alkyl halides is 1. The highest BCUT2D eigenvalue weighted by atomic mass is 19.1. The molecule has 0 aromatic heterocycles. The number of fused-ring (bicyclic) bond motifs is 1. The SMILES string of the molecule is COc1cc(C(=O)N2CC[C@@]3(C)OCOC3C2)ccc1OCC(C)(C)F. The Morgan fingerprint density at radius 1 is 1.42 bits per heavy atom. The van der Waals surface area contributed by atoms with Gasteiger partial charge < -0.3 is 23.8 Å².